The molecule has 0 aromatic carbocycles. The third kappa shape index (κ3) is 4.29. The Morgan fingerprint density at radius 1 is 1.07 bits per heavy atom. The summed E-state index contributed by atoms with van der Waals surface area (Å²) >= 11 is 1.38. The highest BCUT2D eigenvalue weighted by Gasteiger charge is 2.25. The Kier molecular flexibility index (Phi) is 6.24. The number of aryl methyl sites for hydroxylation is 2. The third-order valence-corrected chi connectivity index (χ3v) is 5.85. The highest BCUT2D eigenvalue weighted by Crippen LogP contribution is 2.33. The van der Waals surface area contributed by atoms with E-state index in [1.165, 1.54) is 16.2 Å². The van der Waals surface area contributed by atoms with Crippen LogP contribution < -0.4 is 0 Å². The van der Waals surface area contributed by atoms with Gasteiger partial charge >= 0.3 is 0 Å². The zero-order valence-corrected chi connectivity index (χ0v) is 18.5. The van der Waals surface area contributed by atoms with Crippen LogP contribution >= 0.6 is 11.3 Å². The van der Waals surface area contributed by atoms with Gasteiger partial charge in [-0.25, -0.2) is 9.97 Å². The van der Waals surface area contributed by atoms with Gasteiger partial charge in [0.25, 0.3) is 5.91 Å². The Bertz CT molecular complexity index is 863. The number of hydrogen-bond acceptors (Lipinski definition) is 5. The molecular weight excluding hydrogens is 360 g/mol. The number of likely N-dealkylation sites (N-methyl/N-ethyl adjacent to an activating group) is 2. The normalized spacial score (nSPS) is 11.7. The Morgan fingerprint density at radius 2 is 1.67 bits per heavy atom. The molecule has 2 rings (SSSR count). The van der Waals surface area contributed by atoms with Crippen molar-refractivity contribution >= 4 is 33.4 Å². The molecule has 0 N–H and O–H groups in total. The van der Waals surface area contributed by atoms with Crippen LogP contribution in [-0.2, 0) is 10.2 Å². The van der Waals surface area contributed by atoms with Crippen LogP contribution in [0.5, 0.6) is 0 Å². The average molecular weight is 391 g/mol. The number of aromatic nitrogens is 2. The maximum atomic E-state index is 13.0. The average Bonchev–Trinajstić information content (AvgIpc) is 2.91. The molecule has 0 spiro atoms. The molecule has 0 fully saturated rings. The Morgan fingerprint density at radius 3 is 2.19 bits per heavy atom. The van der Waals surface area contributed by atoms with Crippen LogP contribution in [-0.4, -0.2) is 58.3 Å². The first-order valence-electron chi connectivity index (χ1n) is 9.32. The van der Waals surface area contributed by atoms with Crippen LogP contribution in [0.4, 0.5) is 0 Å². The fourth-order valence-corrected chi connectivity index (χ4v) is 4.23. The number of carbonyl (C=O) groups is 2. The number of rotatable bonds is 5. The summed E-state index contributed by atoms with van der Waals surface area (Å²) in [5.41, 5.74) is 1.62. The van der Waals surface area contributed by atoms with Gasteiger partial charge in [-0.3, -0.25) is 9.59 Å². The van der Waals surface area contributed by atoms with E-state index in [1.54, 1.807) is 11.9 Å². The number of fused-ring (bicyclic) bond motifs is 1. The van der Waals surface area contributed by atoms with Gasteiger partial charge in [-0.1, -0.05) is 20.8 Å². The van der Waals surface area contributed by atoms with Crippen molar-refractivity contribution in [2.24, 2.45) is 0 Å². The molecule has 2 aromatic rings. The van der Waals surface area contributed by atoms with Crippen molar-refractivity contribution < 1.29 is 9.59 Å². The first-order valence-corrected chi connectivity index (χ1v) is 10.1. The van der Waals surface area contributed by atoms with Crippen molar-refractivity contribution in [1.82, 2.24) is 19.8 Å². The predicted octanol–water partition coefficient (Wildman–Crippen LogP) is 3.55. The molecule has 0 saturated carbocycles. The summed E-state index contributed by atoms with van der Waals surface area (Å²) < 4.78 is 0. The number of hydrogen-bond donors (Lipinski definition) is 0. The summed E-state index contributed by atoms with van der Waals surface area (Å²) in [6, 6.07) is 0. The van der Waals surface area contributed by atoms with Gasteiger partial charge in [0.2, 0.25) is 5.91 Å². The van der Waals surface area contributed by atoms with Crippen molar-refractivity contribution in [3.8, 4) is 0 Å². The molecule has 2 aromatic heterocycles. The second-order valence-corrected chi connectivity index (χ2v) is 8.85. The zero-order chi connectivity index (χ0) is 20.5. The molecule has 0 aliphatic carbocycles. The fraction of sp³-hybridized carbons (Fsp3) is 0.600. The summed E-state index contributed by atoms with van der Waals surface area (Å²) in [5.74, 6) is 0.589. The summed E-state index contributed by atoms with van der Waals surface area (Å²) in [7, 11) is 1.67. The lowest BCUT2D eigenvalue weighted by Crippen LogP contribution is -2.40. The van der Waals surface area contributed by atoms with E-state index in [1.807, 2.05) is 27.7 Å². The standard InChI is InChI=1S/C20H30N4O2S/c1-9-24(10-2)14(25)11-23(8)18(26)16-12(3)15-13(4)21-19(20(5,6)7)22-17(15)27-16/h9-11H2,1-8H3. The van der Waals surface area contributed by atoms with Crippen LogP contribution in [0.25, 0.3) is 10.2 Å². The number of amides is 2. The quantitative estimate of drug-likeness (QED) is 0.783. The number of nitrogens with zero attached hydrogens (tertiary/aromatic N) is 4. The second kappa shape index (κ2) is 7.92. The highest BCUT2D eigenvalue weighted by atomic mass is 32.1. The molecule has 0 radical (unpaired) electrons. The first kappa shape index (κ1) is 21.3. The van der Waals surface area contributed by atoms with Gasteiger partial charge in [0.05, 0.1) is 17.1 Å². The molecule has 6 nitrogen and oxygen atoms in total. The summed E-state index contributed by atoms with van der Waals surface area (Å²) in [6.45, 7) is 15.4. The van der Waals surface area contributed by atoms with Crippen molar-refractivity contribution in [2.45, 2.75) is 53.9 Å². The van der Waals surface area contributed by atoms with Crippen molar-refractivity contribution in [2.75, 3.05) is 26.7 Å². The fourth-order valence-electron chi connectivity index (χ4n) is 3.00. The van der Waals surface area contributed by atoms with Crippen molar-refractivity contribution in [1.29, 1.82) is 0 Å². The van der Waals surface area contributed by atoms with Gasteiger partial charge in [-0.15, -0.1) is 11.3 Å². The summed E-state index contributed by atoms with van der Waals surface area (Å²) in [6.07, 6.45) is 0. The monoisotopic (exact) mass is 390 g/mol. The second-order valence-electron chi connectivity index (χ2n) is 7.85. The maximum absolute atomic E-state index is 13.0. The van der Waals surface area contributed by atoms with E-state index in [0.717, 1.165) is 27.3 Å². The topological polar surface area (TPSA) is 66.4 Å². The SMILES string of the molecule is CCN(CC)C(=O)CN(C)C(=O)c1sc2nc(C(C)(C)C)nc(C)c2c1C. The molecule has 0 saturated heterocycles. The number of thiophene rings is 1. The predicted molar refractivity (Wildman–Crippen MR) is 110 cm³/mol. The Hall–Kier alpha value is -2.02. The summed E-state index contributed by atoms with van der Waals surface area (Å²) in [5, 5.41) is 0.944. The van der Waals surface area contributed by atoms with E-state index < -0.39 is 0 Å². The van der Waals surface area contributed by atoms with E-state index in [4.69, 9.17) is 4.98 Å². The van der Waals surface area contributed by atoms with E-state index in [9.17, 15) is 9.59 Å². The van der Waals surface area contributed by atoms with Crippen LogP contribution in [0.3, 0.4) is 0 Å². The molecule has 27 heavy (non-hydrogen) atoms. The molecule has 2 heterocycles. The van der Waals surface area contributed by atoms with Crippen molar-refractivity contribution in [3.05, 3.63) is 22.0 Å². The molecule has 148 valence electrons. The van der Waals surface area contributed by atoms with E-state index >= 15 is 0 Å². The molecule has 0 aliphatic heterocycles. The highest BCUT2D eigenvalue weighted by molar-refractivity contribution is 7.20. The minimum Gasteiger partial charge on any atom is -0.342 e. The van der Waals surface area contributed by atoms with Gasteiger partial charge in [0.15, 0.2) is 0 Å². The van der Waals surface area contributed by atoms with Gasteiger partial charge < -0.3 is 9.80 Å². The molecule has 0 bridgehead atoms. The van der Waals surface area contributed by atoms with Crippen LogP contribution in [0, 0.1) is 13.8 Å². The van der Waals surface area contributed by atoms with Gasteiger partial charge in [-0.2, -0.15) is 0 Å². The molecule has 0 aliphatic rings. The summed E-state index contributed by atoms with van der Waals surface area (Å²) in [4.78, 5) is 39.4. The molecule has 0 unspecified atom stereocenters. The Balaban J connectivity index is 2.38. The van der Waals surface area contributed by atoms with Gasteiger partial charge in [-0.05, 0) is 33.3 Å². The first-order chi connectivity index (χ1) is 12.5. The minimum absolute atomic E-state index is 0.0411. The smallest absolute Gasteiger partial charge is 0.264 e. The maximum Gasteiger partial charge on any atom is 0.264 e. The van der Waals surface area contributed by atoms with Crippen molar-refractivity contribution in [3.63, 3.8) is 0 Å². The lowest BCUT2D eigenvalue weighted by atomic mass is 9.95. The van der Waals surface area contributed by atoms with Crippen LogP contribution in [0.2, 0.25) is 0 Å². The number of carbonyl (C=O) groups excluding carboxylic acids is 2. The van der Waals surface area contributed by atoms with E-state index in [2.05, 4.69) is 25.8 Å². The van der Waals surface area contributed by atoms with Crippen LogP contribution in [0.1, 0.15) is 61.4 Å². The van der Waals surface area contributed by atoms with Gasteiger partial charge in [0.1, 0.15) is 10.7 Å². The zero-order valence-electron chi connectivity index (χ0n) is 17.6. The lowest BCUT2D eigenvalue weighted by molar-refractivity contribution is -0.131. The van der Waals surface area contributed by atoms with E-state index in [0.29, 0.717) is 18.0 Å². The lowest BCUT2D eigenvalue weighted by Gasteiger charge is -2.23. The molecule has 7 heteroatoms. The van der Waals surface area contributed by atoms with Crippen LogP contribution in [0.15, 0.2) is 0 Å². The van der Waals surface area contributed by atoms with Gasteiger partial charge in [0, 0.05) is 30.9 Å². The third-order valence-electron chi connectivity index (χ3n) is 4.67. The molecular formula is C20H30N4O2S. The minimum atomic E-state index is -0.159. The Labute approximate surface area is 165 Å². The molecule has 2 amide bonds. The largest absolute Gasteiger partial charge is 0.342 e. The van der Waals surface area contributed by atoms with E-state index in [-0.39, 0.29) is 23.8 Å². The molecule has 0 atom stereocenters.